The summed E-state index contributed by atoms with van der Waals surface area (Å²) < 4.78 is 19.3. The van der Waals surface area contributed by atoms with Gasteiger partial charge in [0.1, 0.15) is 23.7 Å². The van der Waals surface area contributed by atoms with Crippen LogP contribution in [0.25, 0.3) is 5.76 Å². The minimum absolute atomic E-state index is 0.200. The highest BCUT2D eigenvalue weighted by molar-refractivity contribution is 6.07. The highest BCUT2D eigenvalue weighted by atomic mass is 16.5. The molecule has 7 unspecified atom stereocenters. The predicted molar refractivity (Wildman–Crippen MR) is 139 cm³/mol. The summed E-state index contributed by atoms with van der Waals surface area (Å²) in [5.41, 5.74) is 2.29. The molecule has 3 aliphatic heterocycles. The van der Waals surface area contributed by atoms with Gasteiger partial charge < -0.3 is 29.5 Å². The van der Waals surface area contributed by atoms with Crippen molar-refractivity contribution in [2.45, 2.75) is 78.0 Å². The molecule has 7 heteroatoms. The van der Waals surface area contributed by atoms with Crippen molar-refractivity contribution >= 4 is 11.5 Å². The van der Waals surface area contributed by atoms with Gasteiger partial charge >= 0.3 is 0 Å². The number of rotatable bonds is 3. The van der Waals surface area contributed by atoms with Crippen molar-refractivity contribution < 1.29 is 34.3 Å². The Kier molecular flexibility index (Phi) is 6.28. The van der Waals surface area contributed by atoms with Crippen LogP contribution in [-0.4, -0.2) is 51.1 Å². The van der Waals surface area contributed by atoms with Crippen molar-refractivity contribution in [1.82, 2.24) is 0 Å². The van der Waals surface area contributed by atoms with Gasteiger partial charge in [0.2, 0.25) is 0 Å². The maximum Gasteiger partial charge on any atom is 0.176 e. The van der Waals surface area contributed by atoms with Crippen LogP contribution < -0.4 is 4.74 Å². The van der Waals surface area contributed by atoms with E-state index >= 15 is 0 Å². The van der Waals surface area contributed by atoms with E-state index in [0.717, 1.165) is 11.1 Å². The molecule has 0 radical (unpaired) electrons. The predicted octanol–water partition coefficient (Wildman–Crippen LogP) is 4.82. The minimum atomic E-state index is -0.992. The molecule has 3 heterocycles. The third-order valence-corrected chi connectivity index (χ3v) is 7.71. The number of aliphatic hydroxyl groups is 1. The van der Waals surface area contributed by atoms with E-state index in [1.807, 2.05) is 59.8 Å². The number of hydrogen-bond donors (Lipinski definition) is 3. The van der Waals surface area contributed by atoms with Crippen LogP contribution in [0.5, 0.6) is 17.2 Å². The molecule has 1 aromatic carbocycles. The van der Waals surface area contributed by atoms with Crippen LogP contribution in [0.1, 0.15) is 53.5 Å². The molecule has 0 aromatic heterocycles. The fourth-order valence-electron chi connectivity index (χ4n) is 6.01. The van der Waals surface area contributed by atoms with E-state index in [-0.39, 0.29) is 35.2 Å². The van der Waals surface area contributed by atoms with E-state index < -0.39 is 29.8 Å². The summed E-state index contributed by atoms with van der Waals surface area (Å²) in [5.74, 6) is -1.58. The summed E-state index contributed by atoms with van der Waals surface area (Å²) >= 11 is 0. The van der Waals surface area contributed by atoms with Crippen molar-refractivity contribution in [1.29, 1.82) is 0 Å². The van der Waals surface area contributed by atoms with Crippen molar-refractivity contribution in [3.63, 3.8) is 0 Å². The summed E-state index contributed by atoms with van der Waals surface area (Å²) in [6.07, 6.45) is 5.79. The molecule has 0 saturated heterocycles. The van der Waals surface area contributed by atoms with Gasteiger partial charge in [0.05, 0.1) is 34.9 Å². The number of Topliss-reactive ketones (excluding diaryl/α,β-unsaturated/α-hetero) is 1. The molecule has 37 heavy (non-hydrogen) atoms. The van der Waals surface area contributed by atoms with E-state index in [1.54, 1.807) is 0 Å². The number of phenolic OH excluding ortho intramolecular Hbond substituents is 2. The first kappa shape index (κ1) is 25.6. The second-order valence-electron chi connectivity index (χ2n) is 11.6. The van der Waals surface area contributed by atoms with Gasteiger partial charge in [0.25, 0.3) is 0 Å². The van der Waals surface area contributed by atoms with Crippen LogP contribution in [-0.2, 0) is 14.3 Å². The number of fused-ring (bicyclic) bond motifs is 4. The lowest BCUT2D eigenvalue weighted by atomic mass is 9.63. The van der Waals surface area contributed by atoms with Crippen LogP contribution in [0.3, 0.4) is 0 Å². The standard InChI is InChI=1S/C30H36O7/c1-14(2)7-8-17-27-16(9-10-30(5,6)37-27)25(33)24-26(34)23-22(11-15(3)4)35-21-13-20(32)19(31)12-18(21)29(23)36-28(17)24/h7,9-13,16-17,22,24-25,27-28,31-33H,8H2,1-6H3. The Morgan fingerprint density at radius 1 is 1.03 bits per heavy atom. The van der Waals surface area contributed by atoms with Gasteiger partial charge in [-0.15, -0.1) is 0 Å². The Bertz CT molecular complexity index is 1240. The zero-order valence-corrected chi connectivity index (χ0v) is 22.2. The molecule has 0 spiro atoms. The Morgan fingerprint density at radius 2 is 1.73 bits per heavy atom. The Hall–Kier alpha value is -3.03. The highest BCUT2D eigenvalue weighted by Crippen LogP contribution is 2.52. The Balaban J connectivity index is 1.68. The first-order valence-corrected chi connectivity index (χ1v) is 12.9. The van der Waals surface area contributed by atoms with Crippen LogP contribution in [0.4, 0.5) is 0 Å². The molecule has 7 nitrogen and oxygen atoms in total. The molecule has 3 N–H and O–H groups in total. The van der Waals surface area contributed by atoms with Gasteiger partial charge in [-0.05, 0) is 60.1 Å². The van der Waals surface area contributed by atoms with E-state index in [2.05, 4.69) is 6.08 Å². The normalized spacial score (nSPS) is 33.2. The third-order valence-electron chi connectivity index (χ3n) is 7.71. The number of hydrogen-bond acceptors (Lipinski definition) is 7. The van der Waals surface area contributed by atoms with Gasteiger partial charge in [0, 0.05) is 17.9 Å². The Labute approximate surface area is 217 Å². The van der Waals surface area contributed by atoms with Gasteiger partial charge in [-0.3, -0.25) is 4.79 Å². The lowest BCUT2D eigenvalue weighted by molar-refractivity contribution is -0.193. The number of ether oxygens (including phenoxy) is 3. The SMILES string of the molecule is CC(C)=CCC1C2OC(C)(C)C=CC2C(O)C2C(=O)C3=C(OC12)c1cc(O)c(O)cc1OC3C=C(C)C. The molecular weight excluding hydrogens is 472 g/mol. The van der Waals surface area contributed by atoms with Crippen LogP contribution >= 0.6 is 0 Å². The van der Waals surface area contributed by atoms with Gasteiger partial charge in [-0.1, -0.05) is 29.4 Å². The lowest BCUT2D eigenvalue weighted by Gasteiger charge is -2.53. The second kappa shape index (κ2) is 9.07. The monoisotopic (exact) mass is 508 g/mol. The maximum atomic E-state index is 14.2. The first-order valence-electron chi connectivity index (χ1n) is 12.9. The van der Waals surface area contributed by atoms with Crippen molar-refractivity contribution in [2.24, 2.45) is 17.8 Å². The van der Waals surface area contributed by atoms with E-state index in [4.69, 9.17) is 14.2 Å². The highest BCUT2D eigenvalue weighted by Gasteiger charge is 2.59. The fourth-order valence-corrected chi connectivity index (χ4v) is 6.01. The smallest absolute Gasteiger partial charge is 0.176 e. The van der Waals surface area contributed by atoms with Gasteiger partial charge in [-0.2, -0.15) is 0 Å². The molecule has 7 atom stereocenters. The van der Waals surface area contributed by atoms with Crippen molar-refractivity contribution in [3.05, 3.63) is 58.7 Å². The molecule has 0 amide bonds. The topological polar surface area (TPSA) is 105 Å². The molecule has 1 saturated carbocycles. The number of ketones is 1. The molecular formula is C30H36O7. The number of allylic oxidation sites excluding steroid dienone is 3. The van der Waals surface area contributed by atoms with Crippen LogP contribution in [0, 0.1) is 17.8 Å². The number of aromatic hydroxyl groups is 2. The fraction of sp³-hybridized carbons (Fsp3) is 0.500. The van der Waals surface area contributed by atoms with Gasteiger partial charge in [-0.25, -0.2) is 0 Å². The summed E-state index contributed by atoms with van der Waals surface area (Å²) in [5, 5.41) is 32.0. The molecule has 198 valence electrons. The second-order valence-corrected chi connectivity index (χ2v) is 11.6. The largest absolute Gasteiger partial charge is 0.504 e. The summed E-state index contributed by atoms with van der Waals surface area (Å²) in [6.45, 7) is 11.8. The summed E-state index contributed by atoms with van der Waals surface area (Å²) in [4.78, 5) is 14.2. The molecule has 1 aliphatic carbocycles. The van der Waals surface area contributed by atoms with Crippen LogP contribution in [0.2, 0.25) is 0 Å². The average molecular weight is 509 g/mol. The molecule has 0 bridgehead atoms. The van der Waals surface area contributed by atoms with E-state index in [1.165, 1.54) is 12.1 Å². The number of aliphatic hydroxyl groups excluding tert-OH is 1. The third kappa shape index (κ3) is 4.38. The lowest BCUT2D eigenvalue weighted by Crippen LogP contribution is -2.62. The zero-order valence-electron chi connectivity index (χ0n) is 22.2. The number of benzene rings is 1. The Morgan fingerprint density at radius 3 is 2.41 bits per heavy atom. The number of carbonyl (C=O) groups is 1. The van der Waals surface area contributed by atoms with Gasteiger partial charge in [0.15, 0.2) is 17.3 Å². The maximum absolute atomic E-state index is 14.2. The number of carbonyl (C=O) groups excluding carboxylic acids is 1. The average Bonchev–Trinajstić information content (AvgIpc) is 2.78. The quantitative estimate of drug-likeness (QED) is 0.397. The van der Waals surface area contributed by atoms with Crippen LogP contribution in [0.15, 0.2) is 53.2 Å². The van der Waals surface area contributed by atoms with E-state index in [9.17, 15) is 20.1 Å². The molecule has 4 aliphatic rings. The van der Waals surface area contributed by atoms with E-state index in [0.29, 0.717) is 29.1 Å². The summed E-state index contributed by atoms with van der Waals surface area (Å²) in [6, 6.07) is 2.70. The first-order chi connectivity index (χ1) is 17.4. The molecule has 5 rings (SSSR count). The molecule has 1 aromatic rings. The van der Waals surface area contributed by atoms with Crippen molar-refractivity contribution in [3.8, 4) is 17.2 Å². The minimum Gasteiger partial charge on any atom is -0.504 e. The van der Waals surface area contributed by atoms with Crippen molar-refractivity contribution in [2.75, 3.05) is 0 Å². The molecule has 1 fully saturated rings. The number of phenols is 2. The summed E-state index contributed by atoms with van der Waals surface area (Å²) in [7, 11) is 0. The zero-order chi connectivity index (χ0) is 26.8.